The summed E-state index contributed by atoms with van der Waals surface area (Å²) in [7, 11) is 0. The number of fused-ring (bicyclic) bond motifs is 1. The number of aromatic nitrogens is 2. The summed E-state index contributed by atoms with van der Waals surface area (Å²) in [5.74, 6) is 0. The van der Waals surface area contributed by atoms with E-state index in [1.165, 1.54) is 0 Å². The highest BCUT2D eigenvalue weighted by Crippen LogP contribution is 2.35. The minimum atomic E-state index is -0.276. The van der Waals surface area contributed by atoms with Gasteiger partial charge in [0.1, 0.15) is 0 Å². The molecule has 0 saturated heterocycles. The lowest BCUT2D eigenvalue weighted by Gasteiger charge is -2.13. The summed E-state index contributed by atoms with van der Waals surface area (Å²) in [5, 5.41) is -0.276. The highest BCUT2D eigenvalue weighted by atomic mass is 127. The Balaban J connectivity index is 2.13. The molecule has 0 bridgehead atoms. The maximum Gasteiger partial charge on any atom is 0.323 e. The quantitative estimate of drug-likeness (QED) is 0.425. The van der Waals surface area contributed by atoms with Gasteiger partial charge in [0.2, 0.25) is 0 Å². The molecule has 3 rings (SSSR count). The van der Waals surface area contributed by atoms with Crippen molar-refractivity contribution in [3.05, 3.63) is 66.1 Å². The number of H-pyrrole nitrogens is 2. The van der Waals surface area contributed by atoms with E-state index in [1.54, 1.807) is 0 Å². The molecule has 6 heteroatoms. The Morgan fingerprint density at radius 3 is 2.55 bits per heavy atom. The van der Waals surface area contributed by atoms with Crippen LogP contribution < -0.4 is 5.69 Å². The molecule has 2 aromatic carbocycles. The van der Waals surface area contributed by atoms with Crippen LogP contribution in [0.3, 0.4) is 0 Å². The van der Waals surface area contributed by atoms with Gasteiger partial charge in [0.05, 0.1) is 16.4 Å². The van der Waals surface area contributed by atoms with Gasteiger partial charge < -0.3 is 9.97 Å². The lowest BCUT2D eigenvalue weighted by atomic mass is 10.0. The summed E-state index contributed by atoms with van der Waals surface area (Å²) >= 11 is 12.4. The van der Waals surface area contributed by atoms with Gasteiger partial charge in [-0.2, -0.15) is 0 Å². The second kappa shape index (κ2) is 5.54. The maximum absolute atomic E-state index is 11.3. The van der Waals surface area contributed by atoms with Crippen molar-refractivity contribution < 1.29 is 0 Å². The lowest BCUT2D eigenvalue weighted by Crippen LogP contribution is -1.99. The first-order chi connectivity index (χ1) is 9.54. The van der Waals surface area contributed by atoms with Crippen LogP contribution in [0.25, 0.3) is 11.0 Å². The van der Waals surface area contributed by atoms with Crippen molar-refractivity contribution in [1.29, 1.82) is 0 Å². The third-order valence-electron chi connectivity index (χ3n) is 3.05. The van der Waals surface area contributed by atoms with Crippen molar-refractivity contribution >= 4 is 61.2 Å². The van der Waals surface area contributed by atoms with Crippen molar-refractivity contribution in [2.75, 3.05) is 0 Å². The second-order valence-corrected chi connectivity index (χ2v) is 6.95. The standard InChI is InChI=1S/C14H9BrClIN2O/c15-10-6-12-11(18-14(20)19-12)5-9(10)13(16)7-2-1-3-8(17)4-7/h1-6,13H,(H2,18,19,20). The largest absolute Gasteiger partial charge is 0.323 e. The van der Waals surface area contributed by atoms with Crippen molar-refractivity contribution in [2.45, 2.75) is 5.38 Å². The minimum Gasteiger partial charge on any atom is -0.306 e. The molecule has 1 atom stereocenters. The van der Waals surface area contributed by atoms with Crippen LogP contribution in [0.4, 0.5) is 0 Å². The van der Waals surface area contributed by atoms with E-state index in [4.69, 9.17) is 11.6 Å². The summed E-state index contributed by atoms with van der Waals surface area (Å²) < 4.78 is 2.01. The Hall–Kier alpha value is -0.790. The maximum atomic E-state index is 11.3. The van der Waals surface area contributed by atoms with Crippen LogP contribution >= 0.6 is 50.1 Å². The van der Waals surface area contributed by atoms with Gasteiger partial charge in [-0.05, 0) is 58.0 Å². The molecule has 102 valence electrons. The Bertz CT molecular complexity index is 843. The Labute approximate surface area is 142 Å². The Kier molecular flexibility index (Phi) is 3.92. The van der Waals surface area contributed by atoms with Gasteiger partial charge in [-0.3, -0.25) is 0 Å². The van der Waals surface area contributed by atoms with Crippen molar-refractivity contribution in [3.63, 3.8) is 0 Å². The number of halogens is 3. The summed E-state index contributed by atoms with van der Waals surface area (Å²) in [6.07, 6.45) is 0. The normalized spacial score (nSPS) is 12.8. The fourth-order valence-electron chi connectivity index (χ4n) is 2.11. The number of alkyl halides is 1. The molecule has 1 unspecified atom stereocenters. The third kappa shape index (κ3) is 2.66. The molecule has 0 spiro atoms. The molecule has 0 aliphatic rings. The molecule has 0 fully saturated rings. The fourth-order valence-corrected chi connectivity index (χ4v) is 3.70. The van der Waals surface area contributed by atoms with E-state index in [2.05, 4.69) is 54.6 Å². The van der Waals surface area contributed by atoms with Gasteiger partial charge in [-0.15, -0.1) is 11.6 Å². The first-order valence-electron chi connectivity index (χ1n) is 5.85. The third-order valence-corrected chi connectivity index (χ3v) is 4.89. The number of rotatable bonds is 2. The first kappa shape index (κ1) is 14.2. The second-order valence-electron chi connectivity index (χ2n) is 4.42. The SMILES string of the molecule is O=c1[nH]c2cc(Br)c(C(Cl)c3cccc(I)c3)cc2[nH]1. The van der Waals surface area contributed by atoms with Crippen LogP contribution in [-0.4, -0.2) is 9.97 Å². The average molecular weight is 464 g/mol. The van der Waals surface area contributed by atoms with Gasteiger partial charge in [-0.25, -0.2) is 4.79 Å². The molecule has 0 aliphatic carbocycles. The van der Waals surface area contributed by atoms with E-state index >= 15 is 0 Å². The number of hydrogen-bond donors (Lipinski definition) is 2. The molecule has 0 radical (unpaired) electrons. The van der Waals surface area contributed by atoms with Crippen molar-refractivity contribution in [3.8, 4) is 0 Å². The molecule has 20 heavy (non-hydrogen) atoms. The van der Waals surface area contributed by atoms with Gasteiger partial charge in [0, 0.05) is 8.04 Å². The van der Waals surface area contributed by atoms with Crippen LogP contribution in [0.2, 0.25) is 0 Å². The van der Waals surface area contributed by atoms with Crippen LogP contribution in [0.5, 0.6) is 0 Å². The van der Waals surface area contributed by atoms with E-state index in [0.29, 0.717) is 0 Å². The lowest BCUT2D eigenvalue weighted by molar-refractivity contribution is 1.13. The zero-order valence-corrected chi connectivity index (χ0v) is 14.6. The number of nitrogens with one attached hydrogen (secondary N) is 2. The van der Waals surface area contributed by atoms with Crippen LogP contribution in [0.1, 0.15) is 16.5 Å². The number of hydrogen-bond acceptors (Lipinski definition) is 1. The first-order valence-corrected chi connectivity index (χ1v) is 8.16. The minimum absolute atomic E-state index is 0.218. The highest BCUT2D eigenvalue weighted by Gasteiger charge is 2.16. The van der Waals surface area contributed by atoms with E-state index < -0.39 is 0 Å². The molecule has 0 amide bonds. The van der Waals surface area contributed by atoms with E-state index in [-0.39, 0.29) is 11.1 Å². The molecule has 0 aliphatic heterocycles. The zero-order chi connectivity index (χ0) is 14.3. The smallest absolute Gasteiger partial charge is 0.306 e. The van der Waals surface area contributed by atoms with Crippen LogP contribution in [0, 0.1) is 3.57 Å². The van der Waals surface area contributed by atoms with Gasteiger partial charge in [0.15, 0.2) is 0 Å². The molecule has 2 N–H and O–H groups in total. The molecule has 0 saturated carbocycles. The van der Waals surface area contributed by atoms with E-state index in [9.17, 15) is 4.79 Å². The monoisotopic (exact) mass is 462 g/mol. The van der Waals surface area contributed by atoms with Gasteiger partial charge in [-0.1, -0.05) is 28.1 Å². The predicted molar refractivity (Wildman–Crippen MR) is 93.5 cm³/mol. The summed E-state index contributed by atoms with van der Waals surface area (Å²) in [4.78, 5) is 16.8. The Morgan fingerprint density at radius 2 is 1.85 bits per heavy atom. The molecule has 1 heterocycles. The molecule has 1 aromatic heterocycles. The number of aromatic amines is 2. The summed E-state index contributed by atoms with van der Waals surface area (Å²) in [6, 6.07) is 11.8. The Morgan fingerprint density at radius 1 is 1.15 bits per heavy atom. The van der Waals surface area contributed by atoms with Crippen molar-refractivity contribution in [1.82, 2.24) is 9.97 Å². The summed E-state index contributed by atoms with van der Waals surface area (Å²) in [6.45, 7) is 0. The van der Waals surface area contributed by atoms with Crippen LogP contribution in [0.15, 0.2) is 45.7 Å². The van der Waals surface area contributed by atoms with Crippen molar-refractivity contribution in [2.24, 2.45) is 0 Å². The van der Waals surface area contributed by atoms with E-state index in [0.717, 1.165) is 30.2 Å². The highest BCUT2D eigenvalue weighted by molar-refractivity contribution is 14.1. The zero-order valence-electron chi connectivity index (χ0n) is 10.1. The van der Waals surface area contributed by atoms with E-state index in [1.807, 2.05) is 30.3 Å². The number of benzene rings is 2. The molecular weight excluding hydrogens is 454 g/mol. The topological polar surface area (TPSA) is 48.6 Å². The van der Waals surface area contributed by atoms with Gasteiger partial charge in [0.25, 0.3) is 0 Å². The van der Waals surface area contributed by atoms with Crippen LogP contribution in [-0.2, 0) is 0 Å². The fraction of sp³-hybridized carbons (Fsp3) is 0.0714. The predicted octanol–water partition coefficient (Wildman–Crippen LogP) is 4.55. The number of imidazole rings is 1. The molecule has 3 nitrogen and oxygen atoms in total. The van der Waals surface area contributed by atoms with Gasteiger partial charge >= 0.3 is 5.69 Å². The summed E-state index contributed by atoms with van der Waals surface area (Å²) in [5.41, 5.74) is 3.25. The molecule has 3 aromatic rings. The average Bonchev–Trinajstić information content (AvgIpc) is 2.76. The molecular formula is C14H9BrClIN2O.